The van der Waals surface area contributed by atoms with Crippen LogP contribution >= 0.6 is 11.6 Å². The van der Waals surface area contributed by atoms with E-state index in [2.05, 4.69) is 10.3 Å². The van der Waals surface area contributed by atoms with Crippen molar-refractivity contribution in [3.8, 4) is 0 Å². The maximum atomic E-state index is 6.21. The Bertz CT molecular complexity index is 406. The van der Waals surface area contributed by atoms with E-state index in [0.717, 1.165) is 35.9 Å². The van der Waals surface area contributed by atoms with Gasteiger partial charge in [0.25, 0.3) is 0 Å². The quantitative estimate of drug-likeness (QED) is 0.894. The van der Waals surface area contributed by atoms with Crippen LogP contribution in [0.25, 0.3) is 0 Å². The summed E-state index contributed by atoms with van der Waals surface area (Å²) in [5.74, 6) is 0.895. The third-order valence-corrected chi connectivity index (χ3v) is 3.04. The monoisotopic (exact) mass is 252 g/mol. The second-order valence-corrected chi connectivity index (χ2v) is 4.31. The van der Waals surface area contributed by atoms with Gasteiger partial charge in [0.1, 0.15) is 11.9 Å². The molecular weight excluding hydrogens is 236 g/mol. The van der Waals surface area contributed by atoms with Crippen LogP contribution in [0.1, 0.15) is 25.0 Å². The first-order valence-electron chi connectivity index (χ1n) is 5.97. The standard InChI is InChI=1S/C13H17ClN2O/c1-2-17-12(13-15-8-5-9-16-13)10-6-3-4-7-11(10)14/h3-4,6-7,12H,2,5,8-9H2,1H3,(H,15,16)/t12-/m1/s1. The van der Waals surface area contributed by atoms with Crippen molar-refractivity contribution in [1.82, 2.24) is 5.32 Å². The Morgan fingerprint density at radius 2 is 2.29 bits per heavy atom. The van der Waals surface area contributed by atoms with Crippen molar-refractivity contribution < 1.29 is 4.74 Å². The number of benzene rings is 1. The highest BCUT2D eigenvalue weighted by Crippen LogP contribution is 2.26. The molecule has 17 heavy (non-hydrogen) atoms. The number of nitrogens with one attached hydrogen (secondary N) is 1. The molecule has 92 valence electrons. The average Bonchev–Trinajstić information content (AvgIpc) is 2.38. The summed E-state index contributed by atoms with van der Waals surface area (Å²) in [4.78, 5) is 4.49. The number of hydrogen-bond acceptors (Lipinski definition) is 3. The minimum atomic E-state index is -0.172. The SMILES string of the molecule is CCO[C@@H](C1=NCCCN1)c1ccccc1Cl. The molecule has 2 rings (SSSR count). The van der Waals surface area contributed by atoms with Gasteiger partial charge in [0, 0.05) is 30.3 Å². The van der Waals surface area contributed by atoms with E-state index in [1.54, 1.807) is 0 Å². The van der Waals surface area contributed by atoms with Crippen molar-refractivity contribution in [2.45, 2.75) is 19.4 Å². The van der Waals surface area contributed by atoms with Crippen molar-refractivity contribution in [2.75, 3.05) is 19.7 Å². The van der Waals surface area contributed by atoms with Gasteiger partial charge in [0.2, 0.25) is 0 Å². The van der Waals surface area contributed by atoms with Crippen molar-refractivity contribution in [1.29, 1.82) is 0 Å². The molecule has 1 aliphatic heterocycles. The van der Waals surface area contributed by atoms with E-state index >= 15 is 0 Å². The molecule has 0 aliphatic carbocycles. The van der Waals surface area contributed by atoms with Gasteiger partial charge in [-0.05, 0) is 19.4 Å². The fourth-order valence-corrected chi connectivity index (χ4v) is 2.13. The van der Waals surface area contributed by atoms with E-state index in [-0.39, 0.29) is 6.10 Å². The molecular formula is C13H17ClN2O. The molecule has 4 heteroatoms. The van der Waals surface area contributed by atoms with Gasteiger partial charge in [0.15, 0.2) is 0 Å². The van der Waals surface area contributed by atoms with Gasteiger partial charge < -0.3 is 10.1 Å². The molecule has 0 bridgehead atoms. The number of aliphatic imine (C=N–C) groups is 1. The summed E-state index contributed by atoms with van der Waals surface area (Å²) >= 11 is 6.21. The lowest BCUT2D eigenvalue weighted by atomic mass is 10.1. The zero-order valence-corrected chi connectivity index (χ0v) is 10.7. The van der Waals surface area contributed by atoms with E-state index in [1.165, 1.54) is 0 Å². The predicted octanol–water partition coefficient (Wildman–Crippen LogP) is 2.81. The summed E-state index contributed by atoms with van der Waals surface area (Å²) in [5, 5.41) is 4.02. The highest BCUT2D eigenvalue weighted by Gasteiger charge is 2.22. The fraction of sp³-hybridized carbons (Fsp3) is 0.462. The van der Waals surface area contributed by atoms with Gasteiger partial charge in [0.05, 0.1) is 0 Å². The summed E-state index contributed by atoms with van der Waals surface area (Å²) in [5.41, 5.74) is 0.976. The molecule has 0 fully saturated rings. The summed E-state index contributed by atoms with van der Waals surface area (Å²) in [6.07, 6.45) is 0.902. The molecule has 3 nitrogen and oxygen atoms in total. The first kappa shape index (κ1) is 12.4. The number of halogens is 1. The van der Waals surface area contributed by atoms with Gasteiger partial charge in [-0.1, -0.05) is 29.8 Å². The van der Waals surface area contributed by atoms with Crippen molar-refractivity contribution in [2.24, 2.45) is 4.99 Å². The molecule has 0 saturated carbocycles. The number of amidine groups is 1. The van der Waals surface area contributed by atoms with Crippen LogP contribution in [-0.4, -0.2) is 25.5 Å². The Labute approximate surface area is 107 Å². The van der Waals surface area contributed by atoms with Crippen LogP contribution < -0.4 is 5.32 Å². The Morgan fingerprint density at radius 1 is 1.47 bits per heavy atom. The van der Waals surface area contributed by atoms with Gasteiger partial charge >= 0.3 is 0 Å². The van der Waals surface area contributed by atoms with Gasteiger partial charge in [-0.25, -0.2) is 0 Å². The molecule has 0 amide bonds. The van der Waals surface area contributed by atoms with Crippen LogP contribution in [0.5, 0.6) is 0 Å². The number of nitrogens with zero attached hydrogens (tertiary/aromatic N) is 1. The third kappa shape index (κ3) is 2.99. The molecule has 1 aromatic carbocycles. The van der Waals surface area contributed by atoms with E-state index in [0.29, 0.717) is 6.61 Å². The van der Waals surface area contributed by atoms with Crippen molar-refractivity contribution >= 4 is 17.4 Å². The second kappa shape index (κ2) is 6.03. The summed E-state index contributed by atoms with van der Waals surface area (Å²) in [6, 6.07) is 7.76. The molecule has 0 aromatic heterocycles. The first-order chi connectivity index (χ1) is 8.33. The molecule has 1 atom stereocenters. The predicted molar refractivity (Wildman–Crippen MR) is 70.7 cm³/mol. The van der Waals surface area contributed by atoms with Gasteiger partial charge in [-0.15, -0.1) is 0 Å². The van der Waals surface area contributed by atoms with E-state index in [4.69, 9.17) is 16.3 Å². The first-order valence-corrected chi connectivity index (χ1v) is 6.35. The fourth-order valence-electron chi connectivity index (χ4n) is 1.90. The summed E-state index contributed by atoms with van der Waals surface area (Å²) in [7, 11) is 0. The Morgan fingerprint density at radius 3 is 2.94 bits per heavy atom. The molecule has 1 heterocycles. The van der Waals surface area contributed by atoms with Crippen LogP contribution in [0.2, 0.25) is 5.02 Å². The zero-order valence-electron chi connectivity index (χ0n) is 9.95. The van der Waals surface area contributed by atoms with E-state index in [9.17, 15) is 0 Å². The third-order valence-electron chi connectivity index (χ3n) is 2.69. The van der Waals surface area contributed by atoms with Crippen LogP contribution in [0.4, 0.5) is 0 Å². The summed E-state index contributed by atoms with van der Waals surface area (Å²) in [6.45, 7) is 4.42. The smallest absolute Gasteiger partial charge is 0.141 e. The van der Waals surface area contributed by atoms with Crippen molar-refractivity contribution in [3.05, 3.63) is 34.9 Å². The topological polar surface area (TPSA) is 33.6 Å². The molecule has 0 radical (unpaired) electrons. The largest absolute Gasteiger partial charge is 0.371 e. The van der Waals surface area contributed by atoms with Crippen LogP contribution in [0.15, 0.2) is 29.3 Å². The Kier molecular flexibility index (Phi) is 4.40. The highest BCUT2D eigenvalue weighted by atomic mass is 35.5. The lowest BCUT2D eigenvalue weighted by Crippen LogP contribution is -2.35. The Balaban J connectivity index is 2.28. The van der Waals surface area contributed by atoms with Gasteiger partial charge in [-0.2, -0.15) is 0 Å². The van der Waals surface area contributed by atoms with Crippen LogP contribution in [-0.2, 0) is 4.74 Å². The summed E-state index contributed by atoms with van der Waals surface area (Å²) < 4.78 is 5.77. The van der Waals surface area contributed by atoms with E-state index in [1.807, 2.05) is 31.2 Å². The average molecular weight is 253 g/mol. The lowest BCUT2D eigenvalue weighted by Gasteiger charge is -2.24. The highest BCUT2D eigenvalue weighted by molar-refractivity contribution is 6.31. The van der Waals surface area contributed by atoms with E-state index < -0.39 is 0 Å². The van der Waals surface area contributed by atoms with Gasteiger partial charge in [-0.3, -0.25) is 4.99 Å². The molecule has 1 aromatic rings. The van der Waals surface area contributed by atoms with Crippen LogP contribution in [0.3, 0.4) is 0 Å². The maximum Gasteiger partial charge on any atom is 0.141 e. The number of hydrogen-bond donors (Lipinski definition) is 1. The number of ether oxygens (including phenoxy) is 1. The lowest BCUT2D eigenvalue weighted by molar-refractivity contribution is 0.107. The van der Waals surface area contributed by atoms with Crippen molar-refractivity contribution in [3.63, 3.8) is 0 Å². The minimum absolute atomic E-state index is 0.172. The normalized spacial score (nSPS) is 17.2. The molecule has 0 saturated heterocycles. The molecule has 1 N–H and O–H groups in total. The number of rotatable bonds is 4. The molecule has 0 spiro atoms. The zero-order chi connectivity index (χ0) is 12.1. The maximum absolute atomic E-state index is 6.21. The molecule has 0 unspecified atom stereocenters. The Hall–Kier alpha value is -1.06. The second-order valence-electron chi connectivity index (χ2n) is 3.90. The van der Waals surface area contributed by atoms with Crippen LogP contribution in [0, 0.1) is 0 Å². The minimum Gasteiger partial charge on any atom is -0.371 e. The molecule has 1 aliphatic rings.